The highest BCUT2D eigenvalue weighted by molar-refractivity contribution is 6.13. The van der Waals surface area contributed by atoms with Crippen molar-refractivity contribution in [2.45, 2.75) is 38.3 Å². The van der Waals surface area contributed by atoms with E-state index in [9.17, 15) is 23.2 Å². The first-order valence-electron chi connectivity index (χ1n) is 12.3. The number of carbonyl (C=O) groups excluding carboxylic acids is 3. The van der Waals surface area contributed by atoms with Gasteiger partial charge >= 0.3 is 0 Å². The van der Waals surface area contributed by atoms with E-state index < -0.39 is 40.4 Å². The number of piperidine rings is 1. The highest BCUT2D eigenvalue weighted by atomic mass is 19.2. The van der Waals surface area contributed by atoms with E-state index in [4.69, 9.17) is 10.5 Å². The minimum atomic E-state index is -1.29. The molecular formula is C27H31F2N5O4. The van der Waals surface area contributed by atoms with Gasteiger partial charge in [0.05, 0.1) is 11.3 Å². The number of hydrogen-bond acceptors (Lipinski definition) is 6. The Hall–Kier alpha value is -3.86. The van der Waals surface area contributed by atoms with Crippen molar-refractivity contribution in [2.75, 3.05) is 26.7 Å². The van der Waals surface area contributed by atoms with Crippen LogP contribution in [0.25, 0.3) is 0 Å². The Labute approximate surface area is 219 Å². The highest BCUT2D eigenvalue weighted by Gasteiger charge is 2.54. The predicted octanol–water partition coefficient (Wildman–Crippen LogP) is 1.86. The normalized spacial score (nSPS) is 20.1. The van der Waals surface area contributed by atoms with Crippen LogP contribution in [0.3, 0.4) is 0 Å². The quantitative estimate of drug-likeness (QED) is 0.544. The minimum absolute atomic E-state index is 0.0100. The van der Waals surface area contributed by atoms with E-state index in [0.717, 1.165) is 17.7 Å². The highest BCUT2D eigenvalue weighted by Crippen LogP contribution is 2.38. The molecule has 3 amide bonds. The molecule has 9 nitrogen and oxygen atoms in total. The SMILES string of the molecule is CN1N=C2CCN(C(=O)C(COc3ccc(F)c(F)c3)NC(=O)C(C)(C)N)C[C@@]2(Cc2ccccc2)C1=O. The molecule has 2 heterocycles. The van der Waals surface area contributed by atoms with E-state index >= 15 is 0 Å². The average molecular weight is 528 g/mol. The number of benzene rings is 2. The molecule has 3 N–H and O–H groups in total. The number of halogens is 2. The number of carbonyl (C=O) groups is 3. The van der Waals surface area contributed by atoms with Crippen LogP contribution in [0.1, 0.15) is 25.8 Å². The van der Waals surface area contributed by atoms with Gasteiger partial charge < -0.3 is 20.7 Å². The minimum Gasteiger partial charge on any atom is -0.491 e. The summed E-state index contributed by atoms with van der Waals surface area (Å²) in [7, 11) is 1.59. The fraction of sp³-hybridized carbons (Fsp3) is 0.407. The van der Waals surface area contributed by atoms with Crippen LogP contribution in [0.5, 0.6) is 5.75 Å². The fourth-order valence-electron chi connectivity index (χ4n) is 4.70. The summed E-state index contributed by atoms with van der Waals surface area (Å²) < 4.78 is 32.6. The van der Waals surface area contributed by atoms with Crippen molar-refractivity contribution < 1.29 is 27.9 Å². The summed E-state index contributed by atoms with van der Waals surface area (Å²) in [4.78, 5) is 41.4. The summed E-state index contributed by atoms with van der Waals surface area (Å²) in [6.45, 7) is 2.96. The Morgan fingerprint density at radius 3 is 2.55 bits per heavy atom. The smallest absolute Gasteiger partial charge is 0.256 e. The van der Waals surface area contributed by atoms with E-state index in [1.807, 2.05) is 30.3 Å². The van der Waals surface area contributed by atoms with Crippen molar-refractivity contribution >= 4 is 23.4 Å². The number of hydrazone groups is 1. The zero-order valence-corrected chi connectivity index (χ0v) is 21.5. The van der Waals surface area contributed by atoms with Crippen molar-refractivity contribution in [2.24, 2.45) is 16.3 Å². The van der Waals surface area contributed by atoms with E-state index in [1.165, 1.54) is 29.8 Å². The standard InChI is InChI=1S/C27H31F2N5O4/c1-26(2,30)24(36)31-21(15-38-18-9-10-19(28)20(29)13-18)23(35)34-12-11-22-27(16-34,25(37)33(3)32-22)14-17-7-5-4-6-8-17/h4-10,13,21H,11-12,14-16,30H2,1-3H3,(H,31,36)/t21?,27-/m1/s1. The molecule has 2 aliphatic heterocycles. The number of nitrogens with two attached hydrogens (primary N) is 1. The van der Waals surface area contributed by atoms with Crippen LogP contribution in [0.4, 0.5) is 8.78 Å². The van der Waals surface area contributed by atoms with Crippen LogP contribution >= 0.6 is 0 Å². The van der Waals surface area contributed by atoms with Crippen molar-refractivity contribution in [3.05, 3.63) is 65.7 Å². The largest absolute Gasteiger partial charge is 0.491 e. The lowest BCUT2D eigenvalue weighted by Crippen LogP contribution is -2.62. The second-order valence-electron chi connectivity index (χ2n) is 10.3. The summed E-state index contributed by atoms with van der Waals surface area (Å²) >= 11 is 0. The predicted molar refractivity (Wildman–Crippen MR) is 136 cm³/mol. The number of amides is 3. The van der Waals surface area contributed by atoms with Crippen LogP contribution in [-0.4, -0.2) is 71.7 Å². The van der Waals surface area contributed by atoms with Gasteiger partial charge in [-0.1, -0.05) is 30.3 Å². The molecule has 1 saturated heterocycles. The Morgan fingerprint density at radius 2 is 1.89 bits per heavy atom. The molecule has 4 rings (SSSR count). The Kier molecular flexibility index (Phi) is 7.50. The summed E-state index contributed by atoms with van der Waals surface area (Å²) in [5.74, 6) is -3.45. The number of fused-ring (bicyclic) bond motifs is 1. The summed E-state index contributed by atoms with van der Waals surface area (Å²) in [5, 5.41) is 8.39. The summed E-state index contributed by atoms with van der Waals surface area (Å²) in [6, 6.07) is 11.3. The van der Waals surface area contributed by atoms with Crippen LogP contribution in [0.15, 0.2) is 53.6 Å². The first-order chi connectivity index (χ1) is 17.9. The molecular weight excluding hydrogens is 496 g/mol. The topological polar surface area (TPSA) is 117 Å². The Balaban J connectivity index is 1.59. The van der Waals surface area contributed by atoms with E-state index in [1.54, 1.807) is 7.05 Å². The molecule has 0 saturated carbocycles. The van der Waals surface area contributed by atoms with Gasteiger partial charge in [0.15, 0.2) is 11.6 Å². The maximum Gasteiger partial charge on any atom is 0.256 e. The molecule has 2 atom stereocenters. The van der Waals surface area contributed by atoms with Crippen LogP contribution in [0, 0.1) is 17.0 Å². The van der Waals surface area contributed by atoms with Gasteiger partial charge in [-0.25, -0.2) is 13.8 Å². The lowest BCUT2D eigenvalue weighted by Gasteiger charge is -2.40. The number of hydrogen-bond donors (Lipinski definition) is 2. The van der Waals surface area contributed by atoms with Gasteiger partial charge in [0.2, 0.25) is 11.8 Å². The molecule has 1 unspecified atom stereocenters. The molecule has 202 valence electrons. The number of rotatable bonds is 8. The van der Waals surface area contributed by atoms with E-state index in [0.29, 0.717) is 18.6 Å². The molecule has 0 aromatic heterocycles. The molecule has 0 aliphatic carbocycles. The van der Waals surface area contributed by atoms with Crippen molar-refractivity contribution in [3.63, 3.8) is 0 Å². The number of ether oxygens (including phenoxy) is 1. The molecule has 38 heavy (non-hydrogen) atoms. The number of nitrogens with zero attached hydrogens (tertiary/aromatic N) is 3. The first kappa shape index (κ1) is 27.2. The molecule has 0 bridgehead atoms. The van der Waals surface area contributed by atoms with Gasteiger partial charge in [0.25, 0.3) is 5.91 Å². The second kappa shape index (κ2) is 10.5. The summed E-state index contributed by atoms with van der Waals surface area (Å²) in [5.41, 5.74) is 5.23. The van der Waals surface area contributed by atoms with Crippen LogP contribution in [-0.2, 0) is 20.8 Å². The van der Waals surface area contributed by atoms with Gasteiger partial charge in [-0.3, -0.25) is 14.4 Å². The lowest BCUT2D eigenvalue weighted by molar-refractivity contribution is -0.143. The maximum atomic E-state index is 13.8. The molecule has 0 spiro atoms. The fourth-order valence-corrected chi connectivity index (χ4v) is 4.70. The monoisotopic (exact) mass is 527 g/mol. The van der Waals surface area contributed by atoms with Gasteiger partial charge in [-0.05, 0) is 38.0 Å². The van der Waals surface area contributed by atoms with Gasteiger partial charge in [-0.15, -0.1) is 0 Å². The third-order valence-electron chi connectivity index (χ3n) is 6.76. The summed E-state index contributed by atoms with van der Waals surface area (Å²) in [6.07, 6.45) is 0.736. The third-order valence-corrected chi connectivity index (χ3v) is 6.76. The van der Waals surface area contributed by atoms with E-state index in [-0.39, 0.29) is 31.4 Å². The molecule has 0 radical (unpaired) electrons. The van der Waals surface area contributed by atoms with Crippen LogP contribution < -0.4 is 15.8 Å². The molecule has 2 aliphatic rings. The second-order valence-corrected chi connectivity index (χ2v) is 10.3. The average Bonchev–Trinajstić information content (AvgIpc) is 3.12. The van der Waals surface area contributed by atoms with Gasteiger partial charge in [0, 0.05) is 32.6 Å². The zero-order valence-electron chi connectivity index (χ0n) is 21.5. The van der Waals surface area contributed by atoms with Gasteiger partial charge in [0.1, 0.15) is 23.8 Å². The maximum absolute atomic E-state index is 13.8. The molecule has 11 heteroatoms. The van der Waals surface area contributed by atoms with Crippen molar-refractivity contribution in [3.8, 4) is 5.75 Å². The van der Waals surface area contributed by atoms with Crippen LogP contribution in [0.2, 0.25) is 0 Å². The van der Waals surface area contributed by atoms with E-state index in [2.05, 4.69) is 10.4 Å². The van der Waals surface area contributed by atoms with Gasteiger partial charge in [-0.2, -0.15) is 5.10 Å². The molecule has 1 fully saturated rings. The molecule has 2 aromatic carbocycles. The lowest BCUT2D eigenvalue weighted by atomic mass is 9.73. The Bertz CT molecular complexity index is 1260. The van der Waals surface area contributed by atoms with Crippen molar-refractivity contribution in [1.29, 1.82) is 0 Å². The zero-order chi connectivity index (χ0) is 27.7. The third kappa shape index (κ3) is 5.52. The number of nitrogens with one attached hydrogen (secondary N) is 1. The Morgan fingerprint density at radius 1 is 1.18 bits per heavy atom. The molecule has 2 aromatic rings. The number of likely N-dealkylation sites (tertiary alicyclic amines) is 1. The van der Waals surface area contributed by atoms with Crippen molar-refractivity contribution in [1.82, 2.24) is 15.2 Å². The first-order valence-corrected chi connectivity index (χ1v) is 12.3.